The molecule has 1 aliphatic carbocycles. The van der Waals surface area contributed by atoms with E-state index in [1.165, 1.54) is 6.92 Å². The Bertz CT molecular complexity index is 333. The molecule has 1 amide bonds. The van der Waals surface area contributed by atoms with Crippen LogP contribution in [0, 0.1) is 0 Å². The van der Waals surface area contributed by atoms with Gasteiger partial charge in [-0.05, 0) is 25.3 Å². The summed E-state index contributed by atoms with van der Waals surface area (Å²) in [5.41, 5.74) is 1.03. The van der Waals surface area contributed by atoms with Gasteiger partial charge >= 0.3 is 12.1 Å². The van der Waals surface area contributed by atoms with Gasteiger partial charge in [0.05, 0.1) is 0 Å². The fourth-order valence-corrected chi connectivity index (χ4v) is 1.21. The zero-order valence-corrected chi connectivity index (χ0v) is 9.10. The van der Waals surface area contributed by atoms with Gasteiger partial charge in [0.1, 0.15) is 12.6 Å². The molecule has 0 aromatic heterocycles. The molecule has 0 heterocycles. The zero-order valence-electron chi connectivity index (χ0n) is 9.10. The Balaban J connectivity index is 2.27. The molecule has 16 heavy (non-hydrogen) atoms. The van der Waals surface area contributed by atoms with Gasteiger partial charge in [-0.3, -0.25) is 4.79 Å². The number of ether oxygens (including phenoxy) is 1. The van der Waals surface area contributed by atoms with Gasteiger partial charge in [-0.15, -0.1) is 0 Å². The summed E-state index contributed by atoms with van der Waals surface area (Å²) >= 11 is 0. The van der Waals surface area contributed by atoms with Gasteiger partial charge in [0.25, 0.3) is 0 Å². The van der Waals surface area contributed by atoms with Crippen molar-refractivity contribution < 1.29 is 19.4 Å². The van der Waals surface area contributed by atoms with Gasteiger partial charge in [0.2, 0.25) is 0 Å². The van der Waals surface area contributed by atoms with Crippen molar-refractivity contribution in [3.8, 4) is 0 Å². The second-order valence-corrected chi connectivity index (χ2v) is 3.57. The summed E-state index contributed by atoms with van der Waals surface area (Å²) in [6.07, 6.45) is 6.97. The first-order valence-electron chi connectivity index (χ1n) is 5.10. The number of aliphatic carboxylic acids is 1. The van der Waals surface area contributed by atoms with Crippen LogP contribution in [0.3, 0.4) is 0 Å². The zero-order chi connectivity index (χ0) is 12.0. The van der Waals surface area contributed by atoms with Gasteiger partial charge in [-0.2, -0.15) is 0 Å². The molecule has 1 rings (SSSR count). The fourth-order valence-electron chi connectivity index (χ4n) is 1.21. The molecule has 0 aromatic rings. The Hall–Kier alpha value is -1.78. The molecule has 5 nitrogen and oxygen atoms in total. The van der Waals surface area contributed by atoms with E-state index in [0.717, 1.165) is 18.4 Å². The molecule has 0 aromatic carbocycles. The van der Waals surface area contributed by atoms with E-state index in [0.29, 0.717) is 0 Å². The Kier molecular flexibility index (Phi) is 4.57. The van der Waals surface area contributed by atoms with E-state index >= 15 is 0 Å². The molecule has 0 saturated carbocycles. The SMILES string of the molecule is CC(NC(=O)OCC1=CC=CCC1)C(=O)O. The molecular weight excluding hydrogens is 210 g/mol. The molecule has 1 atom stereocenters. The van der Waals surface area contributed by atoms with Gasteiger partial charge in [0, 0.05) is 0 Å². The summed E-state index contributed by atoms with van der Waals surface area (Å²) in [5, 5.41) is 10.8. The summed E-state index contributed by atoms with van der Waals surface area (Å²) in [7, 11) is 0. The third kappa shape index (κ3) is 4.16. The average Bonchev–Trinajstić information content (AvgIpc) is 2.27. The summed E-state index contributed by atoms with van der Waals surface area (Å²) < 4.78 is 4.89. The summed E-state index contributed by atoms with van der Waals surface area (Å²) in [5.74, 6) is -1.09. The monoisotopic (exact) mass is 225 g/mol. The van der Waals surface area contributed by atoms with E-state index in [-0.39, 0.29) is 6.61 Å². The number of carbonyl (C=O) groups excluding carboxylic acids is 1. The number of hydrogen-bond donors (Lipinski definition) is 2. The van der Waals surface area contributed by atoms with Gasteiger partial charge in [0.15, 0.2) is 0 Å². The van der Waals surface area contributed by atoms with Crippen molar-refractivity contribution in [1.29, 1.82) is 0 Å². The van der Waals surface area contributed by atoms with Crippen molar-refractivity contribution in [2.45, 2.75) is 25.8 Å². The molecular formula is C11H15NO4. The van der Waals surface area contributed by atoms with Crippen molar-refractivity contribution >= 4 is 12.1 Å². The number of rotatable bonds is 4. The minimum atomic E-state index is -1.09. The minimum Gasteiger partial charge on any atom is -0.480 e. The quantitative estimate of drug-likeness (QED) is 0.759. The maximum absolute atomic E-state index is 11.2. The number of hydrogen-bond acceptors (Lipinski definition) is 3. The van der Waals surface area contributed by atoms with E-state index in [1.807, 2.05) is 18.2 Å². The number of carbonyl (C=O) groups is 2. The predicted octanol–water partition coefficient (Wildman–Crippen LogP) is 1.46. The molecule has 0 saturated heterocycles. The normalized spacial score (nSPS) is 16.2. The summed E-state index contributed by atoms with van der Waals surface area (Å²) in [6.45, 7) is 1.59. The molecule has 1 unspecified atom stereocenters. The van der Waals surface area contributed by atoms with Crippen molar-refractivity contribution in [1.82, 2.24) is 5.32 Å². The third-order valence-electron chi connectivity index (χ3n) is 2.19. The molecule has 0 bridgehead atoms. The maximum atomic E-state index is 11.2. The standard InChI is InChI=1S/C11H15NO4/c1-8(10(13)14)12-11(15)16-7-9-5-3-2-4-6-9/h2-3,5,8H,4,6-7H2,1H3,(H,12,15)(H,13,14). The number of carboxylic acids is 1. The first kappa shape index (κ1) is 12.3. The summed E-state index contributed by atoms with van der Waals surface area (Å²) in [6, 6.07) is -0.937. The van der Waals surface area contributed by atoms with E-state index < -0.39 is 18.1 Å². The van der Waals surface area contributed by atoms with Crippen molar-refractivity contribution in [2.75, 3.05) is 6.61 Å². The highest BCUT2D eigenvalue weighted by molar-refractivity contribution is 5.79. The number of nitrogens with one attached hydrogen (secondary N) is 1. The van der Waals surface area contributed by atoms with Crippen LogP contribution in [-0.4, -0.2) is 29.8 Å². The third-order valence-corrected chi connectivity index (χ3v) is 2.19. The summed E-state index contributed by atoms with van der Waals surface area (Å²) in [4.78, 5) is 21.6. The van der Waals surface area contributed by atoms with Gasteiger partial charge in [-0.1, -0.05) is 18.2 Å². The lowest BCUT2D eigenvalue weighted by atomic mass is 10.1. The first-order chi connectivity index (χ1) is 7.59. The first-order valence-corrected chi connectivity index (χ1v) is 5.10. The van der Waals surface area contributed by atoms with E-state index in [9.17, 15) is 9.59 Å². The van der Waals surface area contributed by atoms with Crippen LogP contribution in [0.5, 0.6) is 0 Å². The molecule has 88 valence electrons. The highest BCUT2D eigenvalue weighted by Crippen LogP contribution is 2.11. The predicted molar refractivity (Wildman–Crippen MR) is 58.0 cm³/mol. The molecule has 0 fully saturated rings. The Morgan fingerprint density at radius 1 is 1.62 bits per heavy atom. The average molecular weight is 225 g/mol. The van der Waals surface area contributed by atoms with Crippen molar-refractivity contribution in [2.24, 2.45) is 0 Å². The van der Waals surface area contributed by atoms with E-state index in [4.69, 9.17) is 9.84 Å². The number of alkyl carbamates (subject to hydrolysis) is 1. The molecule has 0 radical (unpaired) electrons. The second kappa shape index (κ2) is 5.95. The van der Waals surface area contributed by atoms with Crippen LogP contribution in [0.4, 0.5) is 4.79 Å². The topological polar surface area (TPSA) is 75.6 Å². The van der Waals surface area contributed by atoms with E-state index in [1.54, 1.807) is 0 Å². The number of amides is 1. The van der Waals surface area contributed by atoms with Gasteiger partial charge < -0.3 is 15.2 Å². The number of allylic oxidation sites excluding steroid dienone is 3. The van der Waals surface area contributed by atoms with Crippen LogP contribution < -0.4 is 5.32 Å². The fraction of sp³-hybridized carbons (Fsp3) is 0.455. The Labute approximate surface area is 93.8 Å². The van der Waals surface area contributed by atoms with Crippen LogP contribution in [0.15, 0.2) is 23.8 Å². The van der Waals surface area contributed by atoms with Crippen LogP contribution in [-0.2, 0) is 9.53 Å². The molecule has 0 spiro atoms. The second-order valence-electron chi connectivity index (χ2n) is 3.57. The highest BCUT2D eigenvalue weighted by atomic mass is 16.5. The van der Waals surface area contributed by atoms with Crippen LogP contribution in [0.1, 0.15) is 19.8 Å². The van der Waals surface area contributed by atoms with Gasteiger partial charge in [-0.25, -0.2) is 4.79 Å². The Morgan fingerprint density at radius 2 is 2.38 bits per heavy atom. The lowest BCUT2D eigenvalue weighted by molar-refractivity contribution is -0.138. The molecule has 1 aliphatic rings. The van der Waals surface area contributed by atoms with E-state index in [2.05, 4.69) is 5.32 Å². The highest BCUT2D eigenvalue weighted by Gasteiger charge is 2.14. The number of carboxylic acid groups (broad SMARTS) is 1. The molecule has 5 heteroatoms. The largest absolute Gasteiger partial charge is 0.480 e. The van der Waals surface area contributed by atoms with Crippen molar-refractivity contribution in [3.05, 3.63) is 23.8 Å². The minimum absolute atomic E-state index is 0.211. The Morgan fingerprint density at radius 3 is 2.94 bits per heavy atom. The van der Waals surface area contributed by atoms with Crippen LogP contribution >= 0.6 is 0 Å². The smallest absolute Gasteiger partial charge is 0.408 e. The van der Waals surface area contributed by atoms with Crippen LogP contribution in [0.25, 0.3) is 0 Å². The van der Waals surface area contributed by atoms with Crippen molar-refractivity contribution in [3.63, 3.8) is 0 Å². The maximum Gasteiger partial charge on any atom is 0.408 e. The molecule has 0 aliphatic heterocycles. The lowest BCUT2D eigenvalue weighted by Crippen LogP contribution is -2.38. The molecule has 2 N–H and O–H groups in total. The lowest BCUT2D eigenvalue weighted by Gasteiger charge is -2.12. The van der Waals surface area contributed by atoms with Crippen LogP contribution in [0.2, 0.25) is 0 Å².